The van der Waals surface area contributed by atoms with Crippen molar-refractivity contribution in [1.29, 1.82) is 0 Å². The summed E-state index contributed by atoms with van der Waals surface area (Å²) in [5.74, 6) is -1.67. The average Bonchev–Trinajstić information content (AvgIpc) is 2.70. The first-order chi connectivity index (χ1) is 13.9. The van der Waals surface area contributed by atoms with Gasteiger partial charge in [0.25, 0.3) is 0 Å². The van der Waals surface area contributed by atoms with Crippen molar-refractivity contribution in [3.05, 3.63) is 22.8 Å². The van der Waals surface area contributed by atoms with Crippen LogP contribution in [0.1, 0.15) is 78.6 Å². The molecule has 0 aromatic heterocycles. The summed E-state index contributed by atoms with van der Waals surface area (Å²) >= 11 is 0. The number of hydrogen-bond donors (Lipinski definition) is 1. The van der Waals surface area contributed by atoms with Crippen LogP contribution in [0.15, 0.2) is 22.8 Å². The Bertz CT molecular complexity index is 635. The van der Waals surface area contributed by atoms with E-state index in [4.69, 9.17) is 9.47 Å². The molecule has 6 heteroatoms. The molecule has 1 aliphatic rings. The predicted octanol–water partition coefficient (Wildman–Crippen LogP) is 4.24. The zero-order chi connectivity index (χ0) is 21.8. The van der Waals surface area contributed by atoms with E-state index in [9.17, 15) is 14.4 Å². The van der Waals surface area contributed by atoms with Crippen LogP contribution < -0.4 is 5.32 Å². The summed E-state index contributed by atoms with van der Waals surface area (Å²) < 4.78 is 9.89. The second kappa shape index (κ2) is 13.2. The quantitative estimate of drug-likeness (QED) is 0.386. The number of unbranched alkanes of at least 4 members (excludes halogenated alkanes) is 7. The van der Waals surface area contributed by atoms with E-state index in [1.54, 1.807) is 6.92 Å². The highest BCUT2D eigenvalue weighted by Crippen LogP contribution is 2.34. The van der Waals surface area contributed by atoms with E-state index in [1.165, 1.54) is 53.2 Å². The first-order valence-corrected chi connectivity index (χ1v) is 10.8. The molecule has 6 nitrogen and oxygen atoms in total. The van der Waals surface area contributed by atoms with Gasteiger partial charge in [-0.1, -0.05) is 64.9 Å². The number of carbonyl (C=O) groups is 3. The molecule has 0 aromatic carbocycles. The Kier molecular flexibility index (Phi) is 11.3. The Morgan fingerprint density at radius 1 is 0.931 bits per heavy atom. The van der Waals surface area contributed by atoms with Crippen LogP contribution in [-0.4, -0.2) is 38.1 Å². The lowest BCUT2D eigenvalue weighted by Gasteiger charge is -2.31. The molecule has 0 aromatic rings. The molecule has 1 aliphatic carbocycles. The Morgan fingerprint density at radius 2 is 1.48 bits per heavy atom. The molecule has 0 unspecified atom stereocenters. The highest BCUT2D eigenvalue weighted by atomic mass is 16.5. The molecular formula is C23H37NO5. The summed E-state index contributed by atoms with van der Waals surface area (Å²) in [6, 6.07) is -0.362. The molecule has 0 fully saturated rings. The van der Waals surface area contributed by atoms with Gasteiger partial charge in [-0.05, 0) is 18.4 Å². The highest BCUT2D eigenvalue weighted by Gasteiger charge is 2.36. The van der Waals surface area contributed by atoms with E-state index in [0.29, 0.717) is 6.42 Å². The summed E-state index contributed by atoms with van der Waals surface area (Å²) in [4.78, 5) is 36.6. The molecule has 29 heavy (non-hydrogen) atoms. The summed E-state index contributed by atoms with van der Waals surface area (Å²) in [6.45, 7) is 5.46. The average molecular weight is 408 g/mol. The van der Waals surface area contributed by atoms with Crippen LogP contribution in [0.2, 0.25) is 0 Å². The zero-order valence-corrected chi connectivity index (χ0v) is 18.6. The van der Waals surface area contributed by atoms with Crippen molar-refractivity contribution in [1.82, 2.24) is 5.32 Å². The van der Waals surface area contributed by atoms with Gasteiger partial charge in [-0.2, -0.15) is 0 Å². The Labute approximate surface area is 175 Å². The van der Waals surface area contributed by atoms with Crippen molar-refractivity contribution in [3.8, 4) is 0 Å². The van der Waals surface area contributed by atoms with Gasteiger partial charge < -0.3 is 14.8 Å². The fourth-order valence-electron chi connectivity index (χ4n) is 3.82. The van der Waals surface area contributed by atoms with Gasteiger partial charge >= 0.3 is 11.9 Å². The van der Waals surface area contributed by atoms with Gasteiger partial charge in [-0.15, -0.1) is 0 Å². The van der Waals surface area contributed by atoms with Gasteiger partial charge in [0.15, 0.2) is 0 Å². The number of ether oxygens (including phenoxy) is 2. The van der Waals surface area contributed by atoms with E-state index in [0.717, 1.165) is 24.8 Å². The third-order valence-electron chi connectivity index (χ3n) is 5.43. The normalized spacial score (nSPS) is 18.9. The van der Waals surface area contributed by atoms with Crippen LogP contribution in [0, 0.1) is 5.92 Å². The summed E-state index contributed by atoms with van der Waals surface area (Å²) in [5, 5.41) is 2.87. The molecule has 0 radical (unpaired) electrons. The van der Waals surface area contributed by atoms with Crippen LogP contribution in [0.5, 0.6) is 0 Å². The third-order valence-corrected chi connectivity index (χ3v) is 5.43. The molecule has 164 valence electrons. The lowest BCUT2D eigenvalue weighted by Crippen LogP contribution is -2.42. The molecule has 1 N–H and O–H groups in total. The van der Waals surface area contributed by atoms with Crippen LogP contribution in [0.3, 0.4) is 0 Å². The summed E-state index contributed by atoms with van der Waals surface area (Å²) in [6.07, 6.45) is 12.0. The molecule has 0 aliphatic heterocycles. The lowest BCUT2D eigenvalue weighted by atomic mass is 9.79. The van der Waals surface area contributed by atoms with Gasteiger partial charge in [0.05, 0.1) is 31.4 Å². The van der Waals surface area contributed by atoms with Gasteiger partial charge in [-0.3, -0.25) is 4.79 Å². The maximum atomic E-state index is 12.5. The predicted molar refractivity (Wildman–Crippen MR) is 113 cm³/mol. The molecule has 1 amide bonds. The molecule has 2 atom stereocenters. The number of amides is 1. The lowest BCUT2D eigenvalue weighted by molar-refractivity contribution is -0.139. The maximum absolute atomic E-state index is 12.5. The van der Waals surface area contributed by atoms with Crippen molar-refractivity contribution in [2.24, 2.45) is 5.92 Å². The van der Waals surface area contributed by atoms with E-state index < -0.39 is 11.9 Å². The second-order valence-electron chi connectivity index (χ2n) is 7.70. The monoisotopic (exact) mass is 407 g/mol. The number of esters is 2. The summed E-state index contributed by atoms with van der Waals surface area (Å²) in [7, 11) is 2.60. The topological polar surface area (TPSA) is 81.7 Å². The Balaban J connectivity index is 2.94. The second-order valence-corrected chi connectivity index (χ2v) is 7.70. The third kappa shape index (κ3) is 7.67. The molecular weight excluding hydrogens is 370 g/mol. The first-order valence-electron chi connectivity index (χ1n) is 10.8. The molecule has 0 bridgehead atoms. The number of carbonyl (C=O) groups excluding carboxylic acids is 3. The fourth-order valence-corrected chi connectivity index (χ4v) is 3.82. The standard InChI is InChI=1S/C23H37NO5/c1-6-7-8-9-10-11-12-13-14-18-15-19(24-17(3)25)16(2)20(22(26)28-4)21(18)23(27)29-5/h15-16,19H,6-14H2,1-5H3,(H,24,25)/t16-,19-/m0/s1. The first kappa shape index (κ1) is 24.9. The zero-order valence-electron chi connectivity index (χ0n) is 18.6. The Hall–Kier alpha value is -2.11. The van der Waals surface area contributed by atoms with Crippen molar-refractivity contribution in [2.75, 3.05) is 14.2 Å². The maximum Gasteiger partial charge on any atom is 0.338 e. The van der Waals surface area contributed by atoms with Crippen LogP contribution in [-0.2, 0) is 23.9 Å². The van der Waals surface area contributed by atoms with E-state index >= 15 is 0 Å². The SMILES string of the molecule is CCCCCCCCCCC1=C[C@H](NC(C)=O)[C@H](C)C(C(=O)OC)=C1C(=O)OC. The summed E-state index contributed by atoms with van der Waals surface area (Å²) in [5.41, 5.74) is 1.31. The highest BCUT2D eigenvalue weighted by molar-refractivity contribution is 6.04. The van der Waals surface area contributed by atoms with E-state index in [-0.39, 0.29) is 29.0 Å². The van der Waals surface area contributed by atoms with Crippen molar-refractivity contribution < 1.29 is 23.9 Å². The van der Waals surface area contributed by atoms with Crippen molar-refractivity contribution in [2.45, 2.75) is 84.6 Å². The molecule has 0 heterocycles. The van der Waals surface area contributed by atoms with Crippen molar-refractivity contribution >= 4 is 17.8 Å². The molecule has 0 saturated carbocycles. The van der Waals surface area contributed by atoms with Crippen LogP contribution >= 0.6 is 0 Å². The van der Waals surface area contributed by atoms with Gasteiger partial charge in [-0.25, -0.2) is 9.59 Å². The minimum absolute atomic E-state index is 0.185. The fraction of sp³-hybridized carbons (Fsp3) is 0.696. The van der Waals surface area contributed by atoms with Gasteiger partial charge in [0, 0.05) is 12.8 Å². The Morgan fingerprint density at radius 3 is 2.00 bits per heavy atom. The minimum atomic E-state index is -0.560. The number of methoxy groups -OCH3 is 2. The number of hydrogen-bond acceptors (Lipinski definition) is 5. The van der Waals surface area contributed by atoms with E-state index in [2.05, 4.69) is 12.2 Å². The largest absolute Gasteiger partial charge is 0.466 e. The minimum Gasteiger partial charge on any atom is -0.466 e. The van der Waals surface area contributed by atoms with Crippen LogP contribution in [0.25, 0.3) is 0 Å². The molecule has 0 saturated heterocycles. The van der Waals surface area contributed by atoms with Crippen LogP contribution in [0.4, 0.5) is 0 Å². The number of rotatable bonds is 12. The van der Waals surface area contributed by atoms with Gasteiger partial charge in [0.2, 0.25) is 5.91 Å². The molecule has 1 rings (SSSR count). The van der Waals surface area contributed by atoms with Gasteiger partial charge in [0.1, 0.15) is 0 Å². The molecule has 0 spiro atoms. The van der Waals surface area contributed by atoms with E-state index in [1.807, 2.05) is 6.08 Å². The smallest absolute Gasteiger partial charge is 0.338 e. The van der Waals surface area contributed by atoms with Crippen molar-refractivity contribution in [3.63, 3.8) is 0 Å². The number of nitrogens with one attached hydrogen (secondary N) is 1.